The van der Waals surface area contributed by atoms with Crippen LogP contribution in [0.5, 0.6) is 0 Å². The zero-order chi connectivity index (χ0) is 11.5. The lowest BCUT2D eigenvalue weighted by Gasteiger charge is -1.98. The third-order valence-corrected chi connectivity index (χ3v) is 2.94. The molecule has 0 radical (unpaired) electrons. The van der Waals surface area contributed by atoms with Crippen molar-refractivity contribution in [2.75, 3.05) is 6.26 Å². The standard InChI is InChI=1S/C11H10N2O2S/c1-16-8-4-2-7(3-5-8)9-6-10(11(14)15)13-12-9/h2-6H,1H3,(H,12,13)(H,14,15). The first-order valence-electron chi connectivity index (χ1n) is 4.64. The first kappa shape index (κ1) is 10.8. The summed E-state index contributed by atoms with van der Waals surface area (Å²) < 4.78 is 0. The number of hydrogen-bond acceptors (Lipinski definition) is 3. The van der Waals surface area contributed by atoms with Crippen molar-refractivity contribution in [2.24, 2.45) is 0 Å². The molecule has 4 nitrogen and oxygen atoms in total. The van der Waals surface area contributed by atoms with Crippen LogP contribution in [0, 0.1) is 0 Å². The van der Waals surface area contributed by atoms with Gasteiger partial charge in [-0.2, -0.15) is 5.10 Å². The SMILES string of the molecule is CSc1ccc(-c2cc(C(=O)O)[nH]n2)cc1. The van der Waals surface area contributed by atoms with Crippen LogP contribution in [0.25, 0.3) is 11.3 Å². The maximum absolute atomic E-state index is 10.7. The molecule has 1 aromatic carbocycles. The number of rotatable bonds is 3. The second-order valence-corrected chi connectivity index (χ2v) is 4.08. The van der Waals surface area contributed by atoms with E-state index < -0.39 is 5.97 Å². The van der Waals surface area contributed by atoms with Crippen LogP contribution in [-0.2, 0) is 0 Å². The molecule has 0 fully saturated rings. The lowest BCUT2D eigenvalue weighted by atomic mass is 10.1. The van der Waals surface area contributed by atoms with E-state index in [1.165, 1.54) is 6.07 Å². The van der Waals surface area contributed by atoms with E-state index in [1.54, 1.807) is 11.8 Å². The van der Waals surface area contributed by atoms with Gasteiger partial charge in [-0.15, -0.1) is 11.8 Å². The zero-order valence-corrected chi connectivity index (χ0v) is 9.41. The van der Waals surface area contributed by atoms with E-state index in [-0.39, 0.29) is 5.69 Å². The fourth-order valence-electron chi connectivity index (χ4n) is 1.34. The van der Waals surface area contributed by atoms with E-state index in [9.17, 15) is 4.79 Å². The Kier molecular flexibility index (Phi) is 2.96. The number of benzene rings is 1. The molecule has 0 aliphatic rings. The summed E-state index contributed by atoms with van der Waals surface area (Å²) in [7, 11) is 0. The van der Waals surface area contributed by atoms with Crippen molar-refractivity contribution in [2.45, 2.75) is 4.90 Å². The number of nitrogens with zero attached hydrogens (tertiary/aromatic N) is 1. The summed E-state index contributed by atoms with van der Waals surface area (Å²) in [6, 6.07) is 9.34. The van der Waals surface area contributed by atoms with Crippen LogP contribution >= 0.6 is 11.8 Å². The lowest BCUT2D eigenvalue weighted by molar-refractivity contribution is 0.0690. The largest absolute Gasteiger partial charge is 0.477 e. The predicted octanol–water partition coefficient (Wildman–Crippen LogP) is 2.50. The minimum atomic E-state index is -1.00. The highest BCUT2D eigenvalue weighted by Gasteiger charge is 2.08. The third-order valence-electron chi connectivity index (χ3n) is 2.19. The molecular formula is C11H10N2O2S. The molecule has 1 heterocycles. The van der Waals surface area contributed by atoms with E-state index in [0.717, 1.165) is 10.5 Å². The molecule has 82 valence electrons. The van der Waals surface area contributed by atoms with E-state index in [1.807, 2.05) is 30.5 Å². The summed E-state index contributed by atoms with van der Waals surface area (Å²) in [5.41, 5.74) is 1.65. The molecule has 16 heavy (non-hydrogen) atoms. The van der Waals surface area contributed by atoms with Crippen molar-refractivity contribution in [3.63, 3.8) is 0 Å². The second kappa shape index (κ2) is 4.40. The van der Waals surface area contributed by atoms with Crippen molar-refractivity contribution in [3.8, 4) is 11.3 Å². The Morgan fingerprint density at radius 3 is 2.56 bits per heavy atom. The number of aromatic amines is 1. The van der Waals surface area contributed by atoms with Crippen LogP contribution < -0.4 is 0 Å². The normalized spacial score (nSPS) is 10.3. The number of thioether (sulfide) groups is 1. The van der Waals surface area contributed by atoms with Gasteiger partial charge in [-0.3, -0.25) is 5.10 Å². The molecule has 1 aromatic heterocycles. The summed E-state index contributed by atoms with van der Waals surface area (Å²) in [5.74, 6) is -1.00. The Balaban J connectivity index is 2.31. The van der Waals surface area contributed by atoms with Gasteiger partial charge in [-0.05, 0) is 24.5 Å². The van der Waals surface area contributed by atoms with E-state index in [0.29, 0.717) is 5.69 Å². The summed E-state index contributed by atoms with van der Waals surface area (Å²) in [6.07, 6.45) is 2.01. The summed E-state index contributed by atoms with van der Waals surface area (Å²) in [5, 5.41) is 15.2. The monoisotopic (exact) mass is 234 g/mol. The van der Waals surface area contributed by atoms with E-state index in [2.05, 4.69) is 10.2 Å². The molecule has 2 aromatic rings. The quantitative estimate of drug-likeness (QED) is 0.801. The Morgan fingerprint density at radius 1 is 1.38 bits per heavy atom. The van der Waals surface area contributed by atoms with Gasteiger partial charge in [-0.25, -0.2) is 4.79 Å². The van der Waals surface area contributed by atoms with Gasteiger partial charge < -0.3 is 5.11 Å². The molecule has 0 bridgehead atoms. The molecule has 0 aliphatic heterocycles. The highest BCUT2D eigenvalue weighted by atomic mass is 32.2. The van der Waals surface area contributed by atoms with Crippen LogP contribution in [-0.4, -0.2) is 27.5 Å². The number of carboxylic acid groups (broad SMARTS) is 1. The van der Waals surface area contributed by atoms with Gasteiger partial charge in [0.15, 0.2) is 0 Å². The molecule has 0 amide bonds. The molecule has 2 rings (SSSR count). The summed E-state index contributed by atoms with van der Waals surface area (Å²) >= 11 is 1.66. The fourth-order valence-corrected chi connectivity index (χ4v) is 1.75. The minimum absolute atomic E-state index is 0.101. The van der Waals surface area contributed by atoms with Crippen LogP contribution in [0.3, 0.4) is 0 Å². The molecule has 0 unspecified atom stereocenters. The van der Waals surface area contributed by atoms with Gasteiger partial charge in [0.2, 0.25) is 0 Å². The Labute approximate surface area is 96.7 Å². The maximum atomic E-state index is 10.7. The van der Waals surface area contributed by atoms with Gasteiger partial charge in [-0.1, -0.05) is 12.1 Å². The third kappa shape index (κ3) is 2.09. The van der Waals surface area contributed by atoms with Crippen LogP contribution in [0.2, 0.25) is 0 Å². The molecule has 0 aliphatic carbocycles. The number of aromatic carboxylic acids is 1. The lowest BCUT2D eigenvalue weighted by Crippen LogP contribution is -1.95. The van der Waals surface area contributed by atoms with Gasteiger partial charge in [0.1, 0.15) is 5.69 Å². The van der Waals surface area contributed by atoms with Crippen molar-refractivity contribution in [1.29, 1.82) is 0 Å². The Hall–Kier alpha value is -1.75. The van der Waals surface area contributed by atoms with Crippen LogP contribution in [0.15, 0.2) is 35.2 Å². The summed E-state index contributed by atoms with van der Waals surface area (Å²) in [6.45, 7) is 0. The maximum Gasteiger partial charge on any atom is 0.353 e. The zero-order valence-electron chi connectivity index (χ0n) is 8.60. The predicted molar refractivity (Wildman–Crippen MR) is 62.8 cm³/mol. The van der Waals surface area contributed by atoms with Crippen molar-refractivity contribution >= 4 is 17.7 Å². The minimum Gasteiger partial charge on any atom is -0.477 e. The van der Waals surface area contributed by atoms with Crippen LogP contribution in [0.4, 0.5) is 0 Å². The number of H-pyrrole nitrogens is 1. The fraction of sp³-hybridized carbons (Fsp3) is 0.0909. The van der Waals surface area contributed by atoms with Crippen molar-refractivity contribution < 1.29 is 9.90 Å². The van der Waals surface area contributed by atoms with Crippen LogP contribution in [0.1, 0.15) is 10.5 Å². The first-order chi connectivity index (χ1) is 7.70. The number of carbonyl (C=O) groups is 1. The molecule has 0 atom stereocenters. The van der Waals surface area contributed by atoms with Gasteiger partial charge in [0, 0.05) is 10.5 Å². The highest BCUT2D eigenvalue weighted by Crippen LogP contribution is 2.21. The van der Waals surface area contributed by atoms with Gasteiger partial charge in [0.25, 0.3) is 0 Å². The first-order valence-corrected chi connectivity index (χ1v) is 5.86. The van der Waals surface area contributed by atoms with E-state index >= 15 is 0 Å². The number of nitrogens with one attached hydrogen (secondary N) is 1. The molecule has 0 spiro atoms. The average Bonchev–Trinajstić information content (AvgIpc) is 2.78. The highest BCUT2D eigenvalue weighted by molar-refractivity contribution is 7.98. The van der Waals surface area contributed by atoms with Gasteiger partial charge >= 0.3 is 5.97 Å². The smallest absolute Gasteiger partial charge is 0.353 e. The van der Waals surface area contributed by atoms with Crippen molar-refractivity contribution in [3.05, 3.63) is 36.0 Å². The van der Waals surface area contributed by atoms with Crippen molar-refractivity contribution in [1.82, 2.24) is 10.2 Å². The van der Waals surface area contributed by atoms with Gasteiger partial charge in [0.05, 0.1) is 5.69 Å². The number of aromatic nitrogens is 2. The number of carboxylic acids is 1. The topological polar surface area (TPSA) is 66.0 Å². The Morgan fingerprint density at radius 2 is 2.06 bits per heavy atom. The molecule has 5 heteroatoms. The average molecular weight is 234 g/mol. The molecule has 0 saturated heterocycles. The molecule has 0 saturated carbocycles. The molecule has 2 N–H and O–H groups in total. The summed E-state index contributed by atoms with van der Waals surface area (Å²) in [4.78, 5) is 11.8. The number of hydrogen-bond donors (Lipinski definition) is 2. The van der Waals surface area contributed by atoms with E-state index in [4.69, 9.17) is 5.11 Å². The second-order valence-electron chi connectivity index (χ2n) is 3.20. The molecular weight excluding hydrogens is 224 g/mol. The Bertz CT molecular complexity index is 505.